The fraction of sp³-hybridized carbons (Fsp3) is 0.978. The highest BCUT2D eigenvalue weighted by molar-refractivity contribution is 5.66. The second-order valence-corrected chi connectivity index (χ2v) is 35.6. The molecular formula is C90H162O26. The van der Waals surface area contributed by atoms with Crippen LogP contribution in [0, 0.1) is 0 Å². The molecule has 4 N–H and O–H groups in total. The van der Waals surface area contributed by atoms with Crippen LogP contribution in [0.2, 0.25) is 0 Å². The summed E-state index contributed by atoms with van der Waals surface area (Å²) in [6, 6.07) is 0. The molecule has 0 aromatic carbocycles. The van der Waals surface area contributed by atoms with Crippen LogP contribution in [0.15, 0.2) is 0 Å². The van der Waals surface area contributed by atoms with Crippen LogP contribution in [-0.4, -0.2) is 235 Å². The van der Waals surface area contributed by atoms with E-state index in [2.05, 4.69) is 69.2 Å². The van der Waals surface area contributed by atoms with Gasteiger partial charge in [0, 0.05) is 104 Å². The summed E-state index contributed by atoms with van der Waals surface area (Å²) in [6.07, 6.45) is 23.2. The molecule has 9 saturated heterocycles. The van der Waals surface area contributed by atoms with Crippen LogP contribution >= 0.6 is 0 Å². The van der Waals surface area contributed by atoms with Gasteiger partial charge in [0.1, 0.15) is 12.2 Å². The SMILES string of the molecule is CCCC1OC(C)CC(CC2CC(CC3CC(CC4CC(CC(O)CC5CC(CC(C)OC(C)=O)OC(CCC)O5)OC(CCC)O4)OC(CCC)O3)OC(CCC)O2)O1.CCCC1OC(CC(C)O)CC(CC(O)CC2CC(CC3CC(CC(O)CC4CC(CC(C)OC(C)=O)OC(CCC)O4)OC(CCC)O3)OC(CCC)O2)O1. The molecule has 116 heavy (non-hydrogen) atoms. The van der Waals surface area contributed by atoms with Crippen molar-refractivity contribution in [2.75, 3.05) is 0 Å². The summed E-state index contributed by atoms with van der Waals surface area (Å²) in [5, 5.41) is 44.2. The molecule has 33 unspecified atom stereocenters. The molecule has 26 heteroatoms. The lowest BCUT2D eigenvalue weighted by Crippen LogP contribution is -2.47. The number of aliphatic hydroxyl groups excluding tert-OH is 4. The van der Waals surface area contributed by atoms with Crippen LogP contribution in [0.1, 0.15) is 361 Å². The standard InChI is InChI=1S/C47H84O13.C43H78O13/c1-9-14-43-51-31(7)20-35(52-43)24-38-26-40(58-46(56-38)17-12-4)28-42-29-41(59-47(60-42)18-13-5)27-39-25-37(55-45(57-39)16-11-3)22-33(49)21-36-23-34(19-30(6)50-32(8)48)53-44(54-36)15-10-2;1-8-12-40-49-32(16-27(5)44)22-34(51-40)18-30(46)20-36-24-38(55-42(53-36)14-10-3)26-39-25-37(54-43(56-39)15-11-4)21-31(47)19-35-23-33(17-28(6)48-29(7)45)50-41(52-35)13-9-2/h30-31,33-47,49H,9-29H2,1-8H3;27-28,30-44,46-47H,8-26H2,1-7H3. The number of hydrogen-bond donors (Lipinski definition) is 4. The van der Waals surface area contributed by atoms with Gasteiger partial charge in [-0.15, -0.1) is 0 Å². The number of aliphatic hydroxyl groups is 4. The highest BCUT2D eigenvalue weighted by atomic mass is 16.7. The lowest BCUT2D eigenvalue weighted by atomic mass is 9.92. The molecular weight excluding hydrogens is 1500 g/mol. The second-order valence-electron chi connectivity index (χ2n) is 35.6. The topological polar surface area (TPSA) is 300 Å². The fourth-order valence-electron chi connectivity index (χ4n) is 18.9. The molecule has 0 bridgehead atoms. The molecule has 0 radical (unpaired) electrons. The molecule has 0 aliphatic carbocycles. The van der Waals surface area contributed by atoms with Gasteiger partial charge >= 0.3 is 11.9 Å². The largest absolute Gasteiger partial charge is 0.463 e. The second kappa shape index (κ2) is 53.4. The number of ether oxygens (including phenoxy) is 20. The van der Waals surface area contributed by atoms with Gasteiger partial charge in [-0.25, -0.2) is 0 Å². The van der Waals surface area contributed by atoms with E-state index in [0.29, 0.717) is 103 Å². The van der Waals surface area contributed by atoms with E-state index in [9.17, 15) is 30.0 Å². The van der Waals surface area contributed by atoms with Crippen LogP contribution in [0.3, 0.4) is 0 Å². The molecule has 26 nitrogen and oxygen atoms in total. The van der Waals surface area contributed by atoms with Crippen molar-refractivity contribution < 1.29 is 125 Å². The van der Waals surface area contributed by atoms with Crippen molar-refractivity contribution in [2.24, 2.45) is 0 Å². The smallest absolute Gasteiger partial charge is 0.302 e. The van der Waals surface area contributed by atoms with E-state index in [1.165, 1.54) is 13.8 Å². The van der Waals surface area contributed by atoms with Crippen molar-refractivity contribution in [3.8, 4) is 0 Å². The Balaban J connectivity index is 0.000000291. The predicted octanol–water partition coefficient (Wildman–Crippen LogP) is 16.1. The lowest BCUT2D eigenvalue weighted by Gasteiger charge is -2.43. The van der Waals surface area contributed by atoms with Crippen LogP contribution in [0.5, 0.6) is 0 Å². The van der Waals surface area contributed by atoms with Crippen LogP contribution in [0.4, 0.5) is 0 Å². The van der Waals surface area contributed by atoms with E-state index in [4.69, 9.17) is 94.7 Å². The Morgan fingerprint density at radius 2 is 0.422 bits per heavy atom. The minimum atomic E-state index is -0.628. The van der Waals surface area contributed by atoms with Crippen molar-refractivity contribution in [3.05, 3.63) is 0 Å². The highest BCUT2D eigenvalue weighted by Gasteiger charge is 2.44. The first-order chi connectivity index (χ1) is 55.8. The van der Waals surface area contributed by atoms with E-state index in [-0.39, 0.29) is 191 Å². The molecule has 0 aromatic rings. The number of carbonyl (C=O) groups excluding carboxylic acids is 2. The maximum Gasteiger partial charge on any atom is 0.302 e. The third kappa shape index (κ3) is 37.1. The quantitative estimate of drug-likeness (QED) is 0.0412. The van der Waals surface area contributed by atoms with Gasteiger partial charge in [-0.2, -0.15) is 0 Å². The van der Waals surface area contributed by atoms with Crippen LogP contribution in [0.25, 0.3) is 0 Å². The Morgan fingerprint density at radius 3 is 0.621 bits per heavy atom. The van der Waals surface area contributed by atoms with Gasteiger partial charge in [-0.05, 0) is 137 Å². The maximum absolute atomic E-state index is 11.5. The molecule has 9 rings (SSSR count). The van der Waals surface area contributed by atoms with Gasteiger partial charge < -0.3 is 115 Å². The summed E-state index contributed by atoms with van der Waals surface area (Å²) < 4.78 is 126. The van der Waals surface area contributed by atoms with Gasteiger partial charge in [-0.3, -0.25) is 9.59 Å². The molecule has 33 atom stereocenters. The zero-order valence-electron chi connectivity index (χ0n) is 74.1. The van der Waals surface area contributed by atoms with Crippen LogP contribution < -0.4 is 0 Å². The molecule has 0 spiro atoms. The minimum absolute atomic E-state index is 0.000330. The van der Waals surface area contributed by atoms with Crippen molar-refractivity contribution >= 4 is 11.9 Å². The van der Waals surface area contributed by atoms with E-state index >= 15 is 0 Å². The summed E-state index contributed by atoms with van der Waals surface area (Å²) >= 11 is 0. The predicted molar refractivity (Wildman–Crippen MR) is 435 cm³/mol. The Kier molecular flexibility index (Phi) is 45.8. The summed E-state index contributed by atoms with van der Waals surface area (Å²) in [5.74, 6) is -0.598. The zero-order valence-corrected chi connectivity index (χ0v) is 74.1. The Hall–Kier alpha value is -1.94. The van der Waals surface area contributed by atoms with Crippen molar-refractivity contribution in [2.45, 2.75) is 564 Å². The van der Waals surface area contributed by atoms with Gasteiger partial charge in [0.15, 0.2) is 56.6 Å². The minimum Gasteiger partial charge on any atom is -0.463 e. The third-order valence-electron chi connectivity index (χ3n) is 23.6. The Bertz CT molecular complexity index is 2620. The molecule has 0 saturated carbocycles. The average molecular weight is 1660 g/mol. The highest BCUT2D eigenvalue weighted by Crippen LogP contribution is 2.40. The molecule has 9 fully saturated rings. The Labute approximate surface area is 697 Å². The van der Waals surface area contributed by atoms with E-state index in [1.54, 1.807) is 6.92 Å². The van der Waals surface area contributed by atoms with Crippen LogP contribution in [-0.2, 0) is 104 Å². The zero-order chi connectivity index (χ0) is 83.6. The van der Waals surface area contributed by atoms with E-state index in [0.717, 1.165) is 154 Å². The summed E-state index contributed by atoms with van der Waals surface area (Å²) in [6.45, 7) is 29.7. The van der Waals surface area contributed by atoms with Gasteiger partial charge in [0.05, 0.1) is 134 Å². The lowest BCUT2D eigenvalue weighted by molar-refractivity contribution is -0.290. The first-order valence-electron chi connectivity index (χ1n) is 46.6. The van der Waals surface area contributed by atoms with Crippen molar-refractivity contribution in [1.29, 1.82) is 0 Å². The fourth-order valence-corrected chi connectivity index (χ4v) is 18.9. The molecule has 9 aliphatic rings. The van der Waals surface area contributed by atoms with E-state index < -0.39 is 24.4 Å². The van der Waals surface area contributed by atoms with Crippen molar-refractivity contribution in [3.63, 3.8) is 0 Å². The first kappa shape index (κ1) is 99.5. The number of esters is 2. The summed E-state index contributed by atoms with van der Waals surface area (Å²) in [7, 11) is 0. The first-order valence-corrected chi connectivity index (χ1v) is 46.6. The molecule has 9 heterocycles. The number of hydrogen-bond acceptors (Lipinski definition) is 26. The maximum atomic E-state index is 11.5. The number of rotatable bonds is 46. The van der Waals surface area contributed by atoms with Gasteiger partial charge in [0.25, 0.3) is 0 Å². The summed E-state index contributed by atoms with van der Waals surface area (Å²) in [4.78, 5) is 23.0. The Morgan fingerprint density at radius 1 is 0.259 bits per heavy atom. The average Bonchev–Trinajstić information content (AvgIpc) is 0.827. The van der Waals surface area contributed by atoms with Gasteiger partial charge in [-0.1, -0.05) is 120 Å². The van der Waals surface area contributed by atoms with Crippen molar-refractivity contribution in [1.82, 2.24) is 0 Å². The molecule has 678 valence electrons. The monoisotopic (exact) mass is 1660 g/mol. The molecule has 0 aromatic heterocycles. The third-order valence-corrected chi connectivity index (χ3v) is 23.6. The number of carbonyl (C=O) groups is 2. The summed E-state index contributed by atoms with van der Waals surface area (Å²) in [5.41, 5.74) is 0. The molecule has 9 aliphatic heterocycles. The van der Waals surface area contributed by atoms with Gasteiger partial charge in [0.2, 0.25) is 0 Å². The molecule has 0 amide bonds. The van der Waals surface area contributed by atoms with E-state index in [1.807, 2.05) is 13.8 Å². The normalized spacial score (nSPS) is 37.7.